The molecule has 108 valence electrons. The first kappa shape index (κ1) is 15.2. The van der Waals surface area contributed by atoms with Crippen molar-refractivity contribution in [1.29, 1.82) is 0 Å². The van der Waals surface area contributed by atoms with Crippen molar-refractivity contribution in [3.63, 3.8) is 0 Å². The van der Waals surface area contributed by atoms with Gasteiger partial charge in [-0.1, -0.05) is 0 Å². The van der Waals surface area contributed by atoms with Gasteiger partial charge in [-0.05, 0) is 39.8 Å². The Hall–Kier alpha value is -1.24. The van der Waals surface area contributed by atoms with Crippen molar-refractivity contribution in [2.45, 2.75) is 27.7 Å². The highest BCUT2D eigenvalue weighted by atomic mass is 32.1. The van der Waals surface area contributed by atoms with Crippen LogP contribution in [-0.2, 0) is 4.79 Å². The smallest absolute Gasteiger partial charge is 0.233 e. The molecule has 2 aromatic heterocycles. The lowest BCUT2D eigenvalue weighted by atomic mass is 9.93. The third-order valence-corrected chi connectivity index (χ3v) is 5.01. The molecule has 0 saturated carbocycles. The lowest BCUT2D eigenvalue weighted by Crippen LogP contribution is -2.37. The molecule has 20 heavy (non-hydrogen) atoms. The van der Waals surface area contributed by atoms with Crippen LogP contribution in [0.1, 0.15) is 23.6 Å². The standard InChI is InChI=1S/C14H19N3OS2/c1-8-5-6-10(19-8)11-9(2)20-13(16-11)17-12(18)14(3,4)7-15/h5-6H,7,15H2,1-4H3,(H,16,17,18). The molecule has 0 aromatic carbocycles. The summed E-state index contributed by atoms with van der Waals surface area (Å²) in [7, 11) is 0. The number of hydrogen-bond donors (Lipinski definition) is 2. The maximum absolute atomic E-state index is 12.1. The highest BCUT2D eigenvalue weighted by Gasteiger charge is 2.27. The van der Waals surface area contributed by atoms with Gasteiger partial charge < -0.3 is 11.1 Å². The van der Waals surface area contributed by atoms with E-state index in [9.17, 15) is 4.79 Å². The van der Waals surface area contributed by atoms with Crippen molar-refractivity contribution < 1.29 is 4.79 Å². The normalized spacial score (nSPS) is 11.7. The molecule has 0 aliphatic carbocycles. The Kier molecular flexibility index (Phi) is 4.27. The third kappa shape index (κ3) is 3.08. The maximum Gasteiger partial charge on any atom is 0.233 e. The monoisotopic (exact) mass is 309 g/mol. The number of anilines is 1. The van der Waals surface area contributed by atoms with Crippen LogP contribution in [0.25, 0.3) is 10.6 Å². The summed E-state index contributed by atoms with van der Waals surface area (Å²) in [5.74, 6) is -0.0948. The van der Waals surface area contributed by atoms with Crippen molar-refractivity contribution >= 4 is 33.7 Å². The number of hydrogen-bond acceptors (Lipinski definition) is 5. The second kappa shape index (κ2) is 5.63. The van der Waals surface area contributed by atoms with Crippen LogP contribution in [0.15, 0.2) is 12.1 Å². The van der Waals surface area contributed by atoms with E-state index in [-0.39, 0.29) is 5.91 Å². The largest absolute Gasteiger partial charge is 0.329 e. The zero-order chi connectivity index (χ0) is 14.9. The minimum Gasteiger partial charge on any atom is -0.329 e. The number of aryl methyl sites for hydroxylation is 2. The van der Waals surface area contributed by atoms with E-state index < -0.39 is 5.41 Å². The number of nitrogens with one attached hydrogen (secondary N) is 1. The molecule has 0 aliphatic heterocycles. The maximum atomic E-state index is 12.1. The second-order valence-corrected chi connectivity index (χ2v) is 7.87. The van der Waals surface area contributed by atoms with E-state index in [1.165, 1.54) is 16.2 Å². The number of aromatic nitrogens is 1. The third-order valence-electron chi connectivity index (χ3n) is 3.12. The quantitative estimate of drug-likeness (QED) is 0.909. The van der Waals surface area contributed by atoms with Crippen LogP contribution in [0.3, 0.4) is 0 Å². The molecule has 2 aromatic rings. The number of amides is 1. The molecule has 3 N–H and O–H groups in total. The lowest BCUT2D eigenvalue weighted by molar-refractivity contribution is -0.123. The minimum atomic E-state index is -0.584. The molecule has 6 heteroatoms. The molecule has 2 heterocycles. The predicted molar refractivity (Wildman–Crippen MR) is 86.4 cm³/mol. The highest BCUT2D eigenvalue weighted by molar-refractivity contribution is 7.18. The van der Waals surface area contributed by atoms with Crippen molar-refractivity contribution in [2.75, 3.05) is 11.9 Å². The van der Waals surface area contributed by atoms with E-state index in [1.807, 2.05) is 20.8 Å². The van der Waals surface area contributed by atoms with Crippen molar-refractivity contribution in [2.24, 2.45) is 11.1 Å². The van der Waals surface area contributed by atoms with E-state index in [0.717, 1.165) is 15.4 Å². The molecule has 0 fully saturated rings. The lowest BCUT2D eigenvalue weighted by Gasteiger charge is -2.19. The average Bonchev–Trinajstić information content (AvgIpc) is 2.95. The molecule has 2 rings (SSSR count). The SMILES string of the molecule is Cc1ccc(-c2nc(NC(=O)C(C)(C)CN)sc2C)s1. The first-order valence-corrected chi connectivity index (χ1v) is 8.02. The predicted octanol–water partition coefficient (Wildman–Crippen LogP) is 3.41. The highest BCUT2D eigenvalue weighted by Crippen LogP contribution is 2.34. The van der Waals surface area contributed by atoms with E-state index >= 15 is 0 Å². The minimum absolute atomic E-state index is 0.0948. The molecule has 0 spiro atoms. The van der Waals surface area contributed by atoms with Crippen LogP contribution in [0.2, 0.25) is 0 Å². The first-order valence-electron chi connectivity index (χ1n) is 6.39. The molecule has 0 bridgehead atoms. The van der Waals surface area contributed by atoms with Crippen LogP contribution in [0.5, 0.6) is 0 Å². The van der Waals surface area contributed by atoms with Crippen molar-refractivity contribution in [3.8, 4) is 10.6 Å². The van der Waals surface area contributed by atoms with Gasteiger partial charge in [-0.25, -0.2) is 4.98 Å². The zero-order valence-corrected chi connectivity index (χ0v) is 13.7. The fraction of sp³-hybridized carbons (Fsp3) is 0.429. The molecule has 0 aliphatic rings. The van der Waals surface area contributed by atoms with Crippen LogP contribution in [-0.4, -0.2) is 17.4 Å². The summed E-state index contributed by atoms with van der Waals surface area (Å²) in [6.45, 7) is 8.05. The topological polar surface area (TPSA) is 68.0 Å². The Morgan fingerprint density at radius 3 is 2.60 bits per heavy atom. The van der Waals surface area contributed by atoms with Crippen LogP contribution in [0, 0.1) is 19.3 Å². The summed E-state index contributed by atoms with van der Waals surface area (Å²) >= 11 is 3.20. The van der Waals surface area contributed by atoms with E-state index in [0.29, 0.717) is 11.7 Å². The number of rotatable bonds is 4. The van der Waals surface area contributed by atoms with Gasteiger partial charge in [0.1, 0.15) is 0 Å². The number of thiophene rings is 1. The van der Waals surface area contributed by atoms with Gasteiger partial charge >= 0.3 is 0 Å². The summed E-state index contributed by atoms with van der Waals surface area (Å²) in [4.78, 5) is 20.1. The van der Waals surface area contributed by atoms with Gasteiger partial charge in [0.05, 0.1) is 16.0 Å². The first-order chi connectivity index (χ1) is 9.33. The molecule has 0 saturated heterocycles. The zero-order valence-electron chi connectivity index (χ0n) is 12.1. The van der Waals surface area contributed by atoms with Gasteiger partial charge in [-0.3, -0.25) is 4.79 Å². The van der Waals surface area contributed by atoms with Crippen LogP contribution < -0.4 is 11.1 Å². The van der Waals surface area contributed by atoms with E-state index in [4.69, 9.17) is 5.73 Å². The van der Waals surface area contributed by atoms with Crippen LogP contribution >= 0.6 is 22.7 Å². The average molecular weight is 309 g/mol. The second-order valence-electron chi connectivity index (χ2n) is 5.38. The van der Waals surface area contributed by atoms with Gasteiger partial charge in [0.25, 0.3) is 0 Å². The number of nitrogens with zero attached hydrogens (tertiary/aromatic N) is 1. The van der Waals surface area contributed by atoms with E-state index in [2.05, 4.69) is 29.4 Å². The summed E-state index contributed by atoms with van der Waals surface area (Å²) in [5.41, 5.74) is 5.98. The van der Waals surface area contributed by atoms with Gasteiger partial charge in [-0.15, -0.1) is 22.7 Å². The summed E-state index contributed by atoms with van der Waals surface area (Å²) < 4.78 is 0. The summed E-state index contributed by atoms with van der Waals surface area (Å²) in [6, 6.07) is 4.14. The van der Waals surface area contributed by atoms with Gasteiger partial charge in [-0.2, -0.15) is 0 Å². The van der Waals surface area contributed by atoms with Gasteiger partial charge in [0, 0.05) is 16.3 Å². The Bertz CT molecular complexity index is 628. The number of nitrogens with two attached hydrogens (primary N) is 1. The Morgan fingerprint density at radius 2 is 2.05 bits per heavy atom. The molecule has 0 unspecified atom stereocenters. The Balaban J connectivity index is 2.22. The number of thiazole rings is 1. The fourth-order valence-electron chi connectivity index (χ4n) is 1.60. The number of carbonyl (C=O) groups excluding carboxylic acids is 1. The number of carbonyl (C=O) groups is 1. The summed E-state index contributed by atoms with van der Waals surface area (Å²) in [6.07, 6.45) is 0. The van der Waals surface area contributed by atoms with Gasteiger partial charge in [0.15, 0.2) is 5.13 Å². The van der Waals surface area contributed by atoms with Crippen molar-refractivity contribution in [1.82, 2.24) is 4.98 Å². The van der Waals surface area contributed by atoms with Crippen LogP contribution in [0.4, 0.5) is 5.13 Å². The Morgan fingerprint density at radius 1 is 1.35 bits per heavy atom. The van der Waals surface area contributed by atoms with Gasteiger partial charge in [0.2, 0.25) is 5.91 Å². The summed E-state index contributed by atoms with van der Waals surface area (Å²) in [5, 5.41) is 3.50. The molecule has 1 amide bonds. The molecule has 0 radical (unpaired) electrons. The molecular formula is C14H19N3OS2. The van der Waals surface area contributed by atoms with E-state index in [1.54, 1.807) is 11.3 Å². The molecule has 0 atom stereocenters. The van der Waals surface area contributed by atoms with Crippen molar-refractivity contribution in [3.05, 3.63) is 21.9 Å². The molecular weight excluding hydrogens is 290 g/mol. The fourth-order valence-corrected chi connectivity index (χ4v) is 3.40. The molecule has 4 nitrogen and oxygen atoms in total. The Labute approximate surface area is 127 Å².